The first-order valence-corrected chi connectivity index (χ1v) is 9.37. The molecule has 29 heavy (non-hydrogen) atoms. The summed E-state index contributed by atoms with van der Waals surface area (Å²) in [6.07, 6.45) is 0. The van der Waals surface area contributed by atoms with Gasteiger partial charge in [0, 0.05) is 18.4 Å². The number of nitrogens with zero attached hydrogens (tertiary/aromatic N) is 2. The zero-order valence-corrected chi connectivity index (χ0v) is 16.0. The van der Waals surface area contributed by atoms with Gasteiger partial charge in [-0.3, -0.25) is 10.1 Å². The maximum absolute atomic E-state index is 12.1. The average molecular weight is 380 g/mol. The summed E-state index contributed by atoms with van der Waals surface area (Å²) in [5.41, 5.74) is 4.87. The van der Waals surface area contributed by atoms with Gasteiger partial charge in [0.1, 0.15) is 0 Å². The summed E-state index contributed by atoms with van der Waals surface area (Å²) >= 11 is 0. The number of benzene rings is 4. The molecule has 4 nitrogen and oxygen atoms in total. The van der Waals surface area contributed by atoms with E-state index >= 15 is 0 Å². The zero-order valence-electron chi connectivity index (χ0n) is 16.0. The molecule has 0 radical (unpaired) electrons. The van der Waals surface area contributed by atoms with Gasteiger partial charge >= 0.3 is 0 Å². The standard InChI is InChI=1S/C25H20N2O2/c1-26(21-15-9-4-10-16-21)22-17-23(19-11-5-2-6-12-19)25(27(28)29)24(18-22)20-13-7-3-8-14-20/h2-18H,1H3. The molecule has 4 rings (SSSR count). The van der Waals surface area contributed by atoms with Gasteiger partial charge in [-0.1, -0.05) is 78.9 Å². The molecule has 0 spiro atoms. The Hall–Kier alpha value is -3.92. The smallest absolute Gasteiger partial charge is 0.285 e. The summed E-state index contributed by atoms with van der Waals surface area (Å²) < 4.78 is 0. The van der Waals surface area contributed by atoms with Gasteiger partial charge in [-0.25, -0.2) is 0 Å². The van der Waals surface area contributed by atoms with Gasteiger partial charge in [0.05, 0.1) is 16.1 Å². The van der Waals surface area contributed by atoms with E-state index in [0.29, 0.717) is 11.1 Å². The highest BCUT2D eigenvalue weighted by atomic mass is 16.6. The number of rotatable bonds is 5. The molecule has 4 aromatic carbocycles. The minimum Gasteiger partial charge on any atom is -0.345 e. The molecule has 0 aliphatic heterocycles. The molecule has 0 saturated heterocycles. The largest absolute Gasteiger partial charge is 0.345 e. The van der Waals surface area contributed by atoms with Crippen molar-refractivity contribution in [3.63, 3.8) is 0 Å². The van der Waals surface area contributed by atoms with Crippen molar-refractivity contribution in [2.24, 2.45) is 0 Å². The van der Waals surface area contributed by atoms with Gasteiger partial charge in [0.2, 0.25) is 0 Å². The van der Waals surface area contributed by atoms with Gasteiger partial charge in [0.25, 0.3) is 5.69 Å². The molecule has 0 bridgehead atoms. The van der Waals surface area contributed by atoms with Crippen molar-refractivity contribution < 1.29 is 4.92 Å². The quantitative estimate of drug-likeness (QED) is 0.286. The van der Waals surface area contributed by atoms with Crippen LogP contribution in [0.2, 0.25) is 0 Å². The number of nitro benzene ring substituents is 1. The van der Waals surface area contributed by atoms with E-state index in [1.165, 1.54) is 0 Å². The summed E-state index contributed by atoms with van der Waals surface area (Å²) in [7, 11) is 1.97. The van der Waals surface area contributed by atoms with Crippen LogP contribution in [0.5, 0.6) is 0 Å². The normalized spacial score (nSPS) is 10.5. The lowest BCUT2D eigenvalue weighted by Crippen LogP contribution is -2.10. The molecule has 0 aliphatic rings. The van der Waals surface area contributed by atoms with Crippen LogP contribution in [-0.2, 0) is 0 Å². The van der Waals surface area contributed by atoms with Crippen molar-refractivity contribution in [3.05, 3.63) is 113 Å². The monoisotopic (exact) mass is 380 g/mol. The van der Waals surface area contributed by atoms with Crippen LogP contribution in [0.3, 0.4) is 0 Å². The molecule has 0 N–H and O–H groups in total. The Bertz CT molecular complexity index is 1070. The summed E-state index contributed by atoms with van der Waals surface area (Å²) in [4.78, 5) is 13.9. The van der Waals surface area contributed by atoms with Crippen LogP contribution in [0, 0.1) is 10.1 Å². The van der Waals surface area contributed by atoms with Crippen molar-refractivity contribution >= 4 is 17.1 Å². The van der Waals surface area contributed by atoms with Crippen molar-refractivity contribution in [2.75, 3.05) is 11.9 Å². The topological polar surface area (TPSA) is 46.4 Å². The van der Waals surface area contributed by atoms with Gasteiger partial charge in [-0.05, 0) is 35.4 Å². The number of hydrogen-bond donors (Lipinski definition) is 0. The Balaban J connectivity index is 2.00. The molecule has 0 aromatic heterocycles. The molecule has 0 aliphatic carbocycles. The van der Waals surface area contributed by atoms with Crippen molar-refractivity contribution in [3.8, 4) is 22.3 Å². The Labute approximate surface area is 169 Å². The van der Waals surface area contributed by atoms with E-state index in [-0.39, 0.29) is 10.6 Å². The lowest BCUT2D eigenvalue weighted by molar-refractivity contribution is -0.383. The Kier molecular flexibility index (Phi) is 5.08. The fourth-order valence-corrected chi connectivity index (χ4v) is 3.49. The van der Waals surface area contributed by atoms with Crippen LogP contribution in [0.4, 0.5) is 17.1 Å². The number of anilines is 2. The SMILES string of the molecule is CN(c1ccccc1)c1cc(-c2ccccc2)c([N+](=O)[O-])c(-c2ccccc2)c1. The first-order valence-electron chi connectivity index (χ1n) is 9.37. The molecule has 0 fully saturated rings. The Morgan fingerprint density at radius 2 is 1.07 bits per heavy atom. The van der Waals surface area contributed by atoms with E-state index in [4.69, 9.17) is 0 Å². The van der Waals surface area contributed by atoms with Gasteiger partial charge in [-0.2, -0.15) is 0 Å². The number of para-hydroxylation sites is 1. The Morgan fingerprint density at radius 3 is 1.48 bits per heavy atom. The molecule has 0 saturated carbocycles. The van der Waals surface area contributed by atoms with Gasteiger partial charge in [0.15, 0.2) is 0 Å². The van der Waals surface area contributed by atoms with E-state index in [1.807, 2.05) is 115 Å². The number of nitro groups is 1. The van der Waals surface area contributed by atoms with Gasteiger partial charge in [-0.15, -0.1) is 0 Å². The van der Waals surface area contributed by atoms with Crippen LogP contribution in [-0.4, -0.2) is 12.0 Å². The summed E-state index contributed by atoms with van der Waals surface area (Å²) in [6.45, 7) is 0. The molecule has 142 valence electrons. The van der Waals surface area contributed by atoms with Crippen molar-refractivity contribution in [2.45, 2.75) is 0 Å². The third-order valence-corrected chi connectivity index (χ3v) is 4.98. The minimum atomic E-state index is -0.281. The Morgan fingerprint density at radius 1 is 0.655 bits per heavy atom. The van der Waals surface area contributed by atoms with E-state index in [1.54, 1.807) is 0 Å². The van der Waals surface area contributed by atoms with Crippen molar-refractivity contribution in [1.82, 2.24) is 0 Å². The predicted octanol–water partition coefficient (Wildman–Crippen LogP) is 6.70. The van der Waals surface area contributed by atoms with Crippen LogP contribution < -0.4 is 4.90 Å². The maximum Gasteiger partial charge on any atom is 0.285 e. The van der Waals surface area contributed by atoms with E-state index < -0.39 is 0 Å². The second-order valence-corrected chi connectivity index (χ2v) is 6.77. The summed E-state index contributed by atoms with van der Waals surface area (Å²) in [5, 5.41) is 12.1. The maximum atomic E-state index is 12.1. The number of hydrogen-bond acceptors (Lipinski definition) is 3. The molecule has 0 amide bonds. The van der Waals surface area contributed by atoms with Crippen LogP contribution in [0.15, 0.2) is 103 Å². The lowest BCUT2D eigenvalue weighted by Gasteiger charge is -2.22. The highest BCUT2D eigenvalue weighted by Gasteiger charge is 2.24. The second-order valence-electron chi connectivity index (χ2n) is 6.77. The fraction of sp³-hybridized carbons (Fsp3) is 0.0400. The van der Waals surface area contributed by atoms with Crippen molar-refractivity contribution in [1.29, 1.82) is 0 Å². The van der Waals surface area contributed by atoms with Crippen LogP contribution >= 0.6 is 0 Å². The highest BCUT2D eigenvalue weighted by molar-refractivity contribution is 5.90. The third-order valence-electron chi connectivity index (χ3n) is 4.98. The fourth-order valence-electron chi connectivity index (χ4n) is 3.49. The zero-order chi connectivity index (χ0) is 20.2. The third kappa shape index (κ3) is 3.73. The highest BCUT2D eigenvalue weighted by Crippen LogP contribution is 2.42. The average Bonchev–Trinajstić information content (AvgIpc) is 2.79. The van der Waals surface area contributed by atoms with E-state index in [9.17, 15) is 10.1 Å². The lowest BCUT2D eigenvalue weighted by atomic mass is 9.94. The predicted molar refractivity (Wildman–Crippen MR) is 118 cm³/mol. The molecule has 0 unspecified atom stereocenters. The van der Waals surface area contributed by atoms with Crippen LogP contribution in [0.1, 0.15) is 0 Å². The molecular formula is C25H20N2O2. The molecule has 0 atom stereocenters. The summed E-state index contributed by atoms with van der Waals surface area (Å²) in [5.74, 6) is 0. The first-order chi connectivity index (χ1) is 14.1. The second kappa shape index (κ2) is 7.98. The molecule has 0 heterocycles. The molecular weight excluding hydrogens is 360 g/mol. The molecule has 4 heteroatoms. The van der Waals surface area contributed by atoms with E-state index in [0.717, 1.165) is 22.5 Å². The molecule has 4 aromatic rings. The minimum absolute atomic E-state index is 0.118. The van der Waals surface area contributed by atoms with Gasteiger partial charge < -0.3 is 4.90 Å². The van der Waals surface area contributed by atoms with Crippen LogP contribution in [0.25, 0.3) is 22.3 Å². The first kappa shape index (κ1) is 18.4. The van der Waals surface area contributed by atoms with E-state index in [2.05, 4.69) is 0 Å². The summed E-state index contributed by atoms with van der Waals surface area (Å²) in [6, 6.07) is 32.8.